The number of benzene rings is 1. The molecule has 1 aliphatic heterocycles. The van der Waals surface area contributed by atoms with Crippen molar-refractivity contribution in [2.45, 2.75) is 37.9 Å². The maximum Gasteiger partial charge on any atom is 0.433 e. The third-order valence-corrected chi connectivity index (χ3v) is 6.56. The number of carbonyl (C=O) groups is 1. The first kappa shape index (κ1) is 31.7. The lowest BCUT2D eigenvalue weighted by atomic mass is 9.95. The quantitative estimate of drug-likeness (QED) is 0.354. The van der Waals surface area contributed by atoms with Crippen molar-refractivity contribution < 1.29 is 53.1 Å². The molecule has 7 nitrogen and oxygen atoms in total. The lowest BCUT2D eigenvalue weighted by Gasteiger charge is -2.32. The van der Waals surface area contributed by atoms with Crippen molar-refractivity contribution >= 4 is 11.7 Å². The second kappa shape index (κ2) is 11.4. The van der Waals surface area contributed by atoms with Crippen molar-refractivity contribution in [3.63, 3.8) is 0 Å². The highest BCUT2D eigenvalue weighted by Gasteiger charge is 2.39. The van der Waals surface area contributed by atoms with Crippen molar-refractivity contribution in [2.75, 3.05) is 18.0 Å². The molecule has 1 amide bonds. The van der Waals surface area contributed by atoms with Crippen molar-refractivity contribution in [1.82, 2.24) is 20.3 Å². The molecule has 1 aliphatic rings. The Morgan fingerprint density at radius 2 is 1.60 bits per heavy atom. The number of alkyl halides is 9. The number of aromatic amines is 1. The van der Waals surface area contributed by atoms with E-state index in [0.717, 1.165) is 0 Å². The Balaban J connectivity index is 1.50. The van der Waals surface area contributed by atoms with Crippen LogP contribution in [0.15, 0.2) is 35.3 Å². The summed E-state index contributed by atoms with van der Waals surface area (Å²) in [5.74, 6) is -6.03. The summed E-state index contributed by atoms with van der Waals surface area (Å²) in [7, 11) is 0. The predicted octanol–water partition coefficient (Wildman–Crippen LogP) is 5.70. The number of amides is 1. The summed E-state index contributed by atoms with van der Waals surface area (Å²) in [6, 6.07) is 1.31. The zero-order valence-electron chi connectivity index (χ0n) is 21.3. The van der Waals surface area contributed by atoms with E-state index in [1.54, 1.807) is 4.98 Å². The summed E-state index contributed by atoms with van der Waals surface area (Å²) < 4.78 is 148. The Bertz CT molecular complexity index is 1570. The predicted molar refractivity (Wildman–Crippen MR) is 126 cm³/mol. The number of carbonyl (C=O) groups excluding carboxylic acids is 1. The highest BCUT2D eigenvalue weighted by Crippen LogP contribution is 2.39. The first-order valence-electron chi connectivity index (χ1n) is 12.2. The van der Waals surface area contributed by atoms with E-state index in [9.17, 15) is 53.5 Å². The number of rotatable bonds is 5. The molecule has 3 aromatic rings. The molecule has 3 heterocycles. The number of H-pyrrole nitrogens is 1. The fourth-order valence-electron chi connectivity index (χ4n) is 4.44. The highest BCUT2D eigenvalue weighted by atomic mass is 19.4. The summed E-state index contributed by atoms with van der Waals surface area (Å²) in [5.41, 5.74) is -8.36. The number of anilines is 1. The minimum absolute atomic E-state index is 0.000733. The van der Waals surface area contributed by atoms with E-state index in [-0.39, 0.29) is 37.8 Å². The SMILES string of the molecule is O=C(NCc1ccc(C(F)(F)F)c(-c2nc(C(F)(F)F)cc(=O)[nH]2)c1F)C1CCN(c2ncc(C(F)(F)F)cc2F)CC1. The van der Waals surface area contributed by atoms with Crippen LogP contribution in [0.3, 0.4) is 0 Å². The van der Waals surface area contributed by atoms with Gasteiger partial charge in [0.1, 0.15) is 11.6 Å². The van der Waals surface area contributed by atoms with Gasteiger partial charge in [-0.05, 0) is 25.0 Å². The van der Waals surface area contributed by atoms with Crippen molar-refractivity contribution in [1.29, 1.82) is 0 Å². The van der Waals surface area contributed by atoms with E-state index in [2.05, 4.69) is 15.3 Å². The molecule has 0 saturated carbocycles. The van der Waals surface area contributed by atoms with E-state index < -0.39 is 87.9 Å². The fourth-order valence-corrected chi connectivity index (χ4v) is 4.44. The number of hydrogen-bond donors (Lipinski definition) is 2. The van der Waals surface area contributed by atoms with Gasteiger partial charge in [-0.25, -0.2) is 18.7 Å². The summed E-state index contributed by atoms with van der Waals surface area (Å²) in [5, 5.41) is 2.32. The molecule has 0 atom stereocenters. The first-order chi connectivity index (χ1) is 19.9. The molecule has 0 bridgehead atoms. The Morgan fingerprint density at radius 3 is 2.16 bits per heavy atom. The highest BCUT2D eigenvalue weighted by molar-refractivity contribution is 5.79. The van der Waals surface area contributed by atoms with Gasteiger partial charge in [-0.3, -0.25) is 9.59 Å². The number of halogens is 11. The van der Waals surface area contributed by atoms with Crippen molar-refractivity contribution in [3.8, 4) is 11.4 Å². The Kier molecular flexibility index (Phi) is 8.43. The molecule has 2 aromatic heterocycles. The molecule has 18 heteroatoms. The van der Waals surface area contributed by atoms with Crippen LogP contribution < -0.4 is 15.8 Å². The van der Waals surface area contributed by atoms with Gasteiger partial charge < -0.3 is 15.2 Å². The molecule has 232 valence electrons. The molecule has 1 fully saturated rings. The van der Waals surface area contributed by atoms with E-state index >= 15 is 4.39 Å². The maximum atomic E-state index is 15.4. The van der Waals surface area contributed by atoms with E-state index in [4.69, 9.17) is 0 Å². The van der Waals surface area contributed by atoms with E-state index in [1.807, 2.05) is 0 Å². The second-order valence-corrected chi connectivity index (χ2v) is 9.44. The van der Waals surface area contributed by atoms with E-state index in [0.29, 0.717) is 24.4 Å². The normalized spacial score (nSPS) is 15.1. The smallest absolute Gasteiger partial charge is 0.354 e. The third-order valence-electron chi connectivity index (χ3n) is 6.56. The number of nitrogens with zero attached hydrogens (tertiary/aromatic N) is 3. The summed E-state index contributed by atoms with van der Waals surface area (Å²) in [6.45, 7) is -0.699. The van der Waals surface area contributed by atoms with Gasteiger partial charge >= 0.3 is 18.5 Å². The lowest BCUT2D eigenvalue weighted by molar-refractivity contribution is -0.141. The molecule has 0 spiro atoms. The van der Waals surface area contributed by atoms with Gasteiger partial charge in [0.25, 0.3) is 5.56 Å². The monoisotopic (exact) mass is 629 g/mol. The minimum atomic E-state index is -5.26. The number of pyridine rings is 1. The summed E-state index contributed by atoms with van der Waals surface area (Å²) in [6.07, 6.45) is -14.7. The van der Waals surface area contributed by atoms with Crippen LogP contribution in [0, 0.1) is 17.6 Å². The molecular formula is C25H18F11N5O2. The zero-order chi connectivity index (χ0) is 31.9. The van der Waals surface area contributed by atoms with Gasteiger partial charge in [-0.1, -0.05) is 6.07 Å². The molecule has 0 aliphatic carbocycles. The summed E-state index contributed by atoms with van der Waals surface area (Å²) in [4.78, 5) is 33.9. The van der Waals surface area contributed by atoms with Crippen LogP contribution in [0.4, 0.5) is 54.1 Å². The van der Waals surface area contributed by atoms with Gasteiger partial charge in [0.15, 0.2) is 17.3 Å². The molecule has 1 saturated heterocycles. The average Bonchev–Trinajstić information content (AvgIpc) is 2.90. The molecular weight excluding hydrogens is 611 g/mol. The Morgan fingerprint density at radius 1 is 0.953 bits per heavy atom. The number of hydrogen-bond acceptors (Lipinski definition) is 5. The number of nitrogens with one attached hydrogen (secondary N) is 2. The summed E-state index contributed by atoms with van der Waals surface area (Å²) >= 11 is 0. The van der Waals surface area contributed by atoms with Crippen LogP contribution in [-0.2, 0) is 29.9 Å². The first-order valence-corrected chi connectivity index (χ1v) is 12.2. The number of piperidine rings is 1. The van der Waals surface area contributed by atoms with Crippen LogP contribution >= 0.6 is 0 Å². The maximum absolute atomic E-state index is 15.4. The zero-order valence-corrected chi connectivity index (χ0v) is 21.3. The lowest BCUT2D eigenvalue weighted by Crippen LogP contribution is -2.41. The Labute approximate surface area is 233 Å². The van der Waals surface area contributed by atoms with Crippen molar-refractivity contribution in [3.05, 3.63) is 74.8 Å². The van der Waals surface area contributed by atoms with Crippen LogP contribution in [0.25, 0.3) is 11.4 Å². The van der Waals surface area contributed by atoms with E-state index in [1.165, 1.54) is 4.90 Å². The third kappa shape index (κ3) is 7.05. The van der Waals surface area contributed by atoms with Gasteiger partial charge in [0.2, 0.25) is 5.91 Å². The fraction of sp³-hybridized carbons (Fsp3) is 0.360. The average molecular weight is 629 g/mol. The second-order valence-electron chi connectivity index (χ2n) is 9.44. The number of aromatic nitrogens is 3. The van der Waals surface area contributed by atoms with Crippen molar-refractivity contribution in [2.24, 2.45) is 5.92 Å². The standard InChI is InChI=1S/C25H18F11N5O2/c26-15-7-13(23(28,29)30)10-37-21(15)41-5-3-11(4-6-41)22(43)38-9-12-1-2-14(24(31,32)33)18(19(12)27)20-39-16(25(34,35)36)8-17(42)40-20/h1-2,7-8,10-11H,3-6,9H2,(H,38,43)(H,39,40,42). The molecule has 0 radical (unpaired) electrons. The molecule has 4 rings (SSSR count). The van der Waals surface area contributed by atoms with Gasteiger partial charge in [-0.2, -0.15) is 39.5 Å². The largest absolute Gasteiger partial charge is 0.433 e. The molecule has 0 unspecified atom stereocenters. The molecule has 43 heavy (non-hydrogen) atoms. The van der Waals surface area contributed by atoms with Gasteiger partial charge in [0.05, 0.1) is 16.7 Å². The topological polar surface area (TPSA) is 91.0 Å². The van der Waals surface area contributed by atoms with Crippen LogP contribution in [0.1, 0.15) is 35.2 Å². The van der Waals surface area contributed by atoms with Gasteiger partial charge in [-0.15, -0.1) is 0 Å². The van der Waals surface area contributed by atoms with Crippen LogP contribution in [-0.4, -0.2) is 33.9 Å². The molecule has 2 N–H and O–H groups in total. The van der Waals surface area contributed by atoms with Crippen LogP contribution in [0.5, 0.6) is 0 Å². The molecule has 1 aromatic carbocycles. The Hall–Kier alpha value is -4.25. The van der Waals surface area contributed by atoms with Gasteiger partial charge in [0, 0.05) is 43.4 Å². The van der Waals surface area contributed by atoms with Crippen LogP contribution in [0.2, 0.25) is 0 Å². The minimum Gasteiger partial charge on any atom is -0.354 e.